The van der Waals surface area contributed by atoms with Gasteiger partial charge in [0.2, 0.25) is 0 Å². The van der Waals surface area contributed by atoms with Crippen LogP contribution >= 0.6 is 0 Å². The SMILES string of the molecule is C=COCCOCCOCCOCCOCCOCCOCCOCCOCCOc1ccccc1. The molecule has 10 heteroatoms. The summed E-state index contributed by atoms with van der Waals surface area (Å²) < 4.78 is 53.9. The minimum Gasteiger partial charge on any atom is -0.499 e. The first kappa shape index (κ1) is 32.3. The molecule has 0 saturated carbocycles. The maximum absolute atomic E-state index is 5.54. The number of hydrogen-bond acceptors (Lipinski definition) is 10. The zero-order valence-corrected chi connectivity index (χ0v) is 21.5. The summed E-state index contributed by atoms with van der Waals surface area (Å²) >= 11 is 0. The van der Waals surface area contributed by atoms with E-state index in [1.165, 1.54) is 6.26 Å². The standard InChI is InChI=1S/C26H44O10/c1-2-27-8-9-28-10-11-29-12-13-30-14-15-31-16-17-32-18-19-33-20-21-34-22-23-35-24-25-36-26-6-4-3-5-7-26/h2-7H,1,8-25H2. The molecule has 0 aliphatic rings. The van der Waals surface area contributed by atoms with E-state index >= 15 is 0 Å². The van der Waals surface area contributed by atoms with Gasteiger partial charge in [-0.05, 0) is 12.1 Å². The summed E-state index contributed by atoms with van der Waals surface area (Å²) in [6.07, 6.45) is 1.40. The highest BCUT2D eigenvalue weighted by Gasteiger charge is 1.96. The highest BCUT2D eigenvalue weighted by molar-refractivity contribution is 5.20. The fourth-order valence-electron chi connectivity index (χ4n) is 2.57. The lowest BCUT2D eigenvalue weighted by Gasteiger charge is -2.09. The third-order valence-electron chi connectivity index (χ3n) is 4.31. The Bertz CT molecular complexity index is 561. The molecular weight excluding hydrogens is 472 g/mol. The summed E-state index contributed by atoms with van der Waals surface area (Å²) in [6, 6.07) is 9.67. The van der Waals surface area contributed by atoms with Crippen LogP contribution in [0.15, 0.2) is 43.2 Å². The van der Waals surface area contributed by atoms with Crippen LogP contribution in [0.3, 0.4) is 0 Å². The van der Waals surface area contributed by atoms with Crippen LogP contribution in [0, 0.1) is 0 Å². The van der Waals surface area contributed by atoms with Gasteiger partial charge in [0.15, 0.2) is 0 Å². The van der Waals surface area contributed by atoms with E-state index in [0.29, 0.717) is 119 Å². The Hall–Kier alpha value is -1.76. The summed E-state index contributed by atoms with van der Waals surface area (Å²) in [4.78, 5) is 0. The lowest BCUT2D eigenvalue weighted by atomic mass is 10.3. The van der Waals surface area contributed by atoms with E-state index in [-0.39, 0.29) is 0 Å². The molecule has 0 aliphatic heterocycles. The van der Waals surface area contributed by atoms with Gasteiger partial charge in [0, 0.05) is 0 Å². The second-order valence-electron chi connectivity index (χ2n) is 7.10. The van der Waals surface area contributed by atoms with Gasteiger partial charge >= 0.3 is 0 Å². The van der Waals surface area contributed by atoms with Crippen molar-refractivity contribution >= 4 is 0 Å². The van der Waals surface area contributed by atoms with E-state index in [9.17, 15) is 0 Å². The summed E-state index contributed by atoms with van der Waals surface area (Å²) in [5.74, 6) is 0.846. The molecule has 10 nitrogen and oxygen atoms in total. The van der Waals surface area contributed by atoms with E-state index in [2.05, 4.69) is 6.58 Å². The Kier molecular flexibility index (Phi) is 24.9. The van der Waals surface area contributed by atoms with Crippen molar-refractivity contribution in [2.24, 2.45) is 0 Å². The molecule has 0 aromatic heterocycles. The first-order valence-electron chi connectivity index (χ1n) is 12.5. The highest BCUT2D eigenvalue weighted by atomic mass is 16.6. The van der Waals surface area contributed by atoms with Crippen LogP contribution in [0.25, 0.3) is 0 Å². The molecule has 0 bridgehead atoms. The number of benzene rings is 1. The Morgan fingerprint density at radius 3 is 1.06 bits per heavy atom. The fourth-order valence-corrected chi connectivity index (χ4v) is 2.57. The largest absolute Gasteiger partial charge is 0.499 e. The van der Waals surface area contributed by atoms with Crippen molar-refractivity contribution in [3.8, 4) is 5.75 Å². The number of para-hydroxylation sites is 1. The second-order valence-corrected chi connectivity index (χ2v) is 7.10. The van der Waals surface area contributed by atoms with E-state index in [1.54, 1.807) is 0 Å². The Morgan fingerprint density at radius 2 is 0.722 bits per heavy atom. The number of hydrogen-bond donors (Lipinski definition) is 0. The van der Waals surface area contributed by atoms with Gasteiger partial charge in [-0.1, -0.05) is 24.8 Å². The quantitative estimate of drug-likeness (QED) is 0.117. The van der Waals surface area contributed by atoms with Gasteiger partial charge in [0.25, 0.3) is 0 Å². The van der Waals surface area contributed by atoms with Crippen molar-refractivity contribution in [2.75, 3.05) is 119 Å². The molecule has 0 spiro atoms. The molecule has 0 radical (unpaired) electrons. The lowest BCUT2D eigenvalue weighted by molar-refractivity contribution is -0.0244. The highest BCUT2D eigenvalue weighted by Crippen LogP contribution is 2.07. The molecule has 1 aromatic carbocycles. The second kappa shape index (κ2) is 27.8. The molecule has 208 valence electrons. The Balaban J connectivity index is 1.63. The third kappa shape index (κ3) is 24.0. The smallest absolute Gasteiger partial charge is 0.119 e. The van der Waals surface area contributed by atoms with Crippen molar-refractivity contribution in [3.63, 3.8) is 0 Å². The predicted molar refractivity (Wildman–Crippen MR) is 135 cm³/mol. The van der Waals surface area contributed by atoms with Gasteiger partial charge in [-0.3, -0.25) is 0 Å². The lowest BCUT2D eigenvalue weighted by Crippen LogP contribution is -2.15. The minimum absolute atomic E-state index is 0.505. The summed E-state index contributed by atoms with van der Waals surface area (Å²) in [6.45, 7) is 12.9. The molecule has 0 unspecified atom stereocenters. The topological polar surface area (TPSA) is 92.3 Å². The monoisotopic (exact) mass is 516 g/mol. The van der Waals surface area contributed by atoms with Gasteiger partial charge < -0.3 is 47.4 Å². The van der Waals surface area contributed by atoms with Gasteiger partial charge in [-0.25, -0.2) is 0 Å². The van der Waals surface area contributed by atoms with Gasteiger partial charge in [0.1, 0.15) is 19.0 Å². The number of rotatable bonds is 29. The van der Waals surface area contributed by atoms with Gasteiger partial charge in [0.05, 0.1) is 112 Å². The number of ether oxygens (including phenoxy) is 10. The van der Waals surface area contributed by atoms with Crippen molar-refractivity contribution in [3.05, 3.63) is 43.2 Å². The molecule has 1 rings (SSSR count). The molecule has 1 aromatic rings. The van der Waals surface area contributed by atoms with Crippen LogP contribution in [0.2, 0.25) is 0 Å². The summed E-state index contributed by atoms with van der Waals surface area (Å²) in [5.41, 5.74) is 0. The fraction of sp³-hybridized carbons (Fsp3) is 0.692. The molecule has 36 heavy (non-hydrogen) atoms. The average molecular weight is 517 g/mol. The van der Waals surface area contributed by atoms with Gasteiger partial charge in [-0.15, -0.1) is 0 Å². The normalized spacial score (nSPS) is 11.0. The van der Waals surface area contributed by atoms with E-state index in [4.69, 9.17) is 47.4 Å². The van der Waals surface area contributed by atoms with E-state index in [0.717, 1.165) is 5.75 Å². The third-order valence-corrected chi connectivity index (χ3v) is 4.31. The van der Waals surface area contributed by atoms with Crippen molar-refractivity contribution in [1.82, 2.24) is 0 Å². The maximum Gasteiger partial charge on any atom is 0.119 e. The van der Waals surface area contributed by atoms with Gasteiger partial charge in [-0.2, -0.15) is 0 Å². The molecule has 0 aliphatic carbocycles. The summed E-state index contributed by atoms with van der Waals surface area (Å²) in [5, 5.41) is 0. The van der Waals surface area contributed by atoms with Crippen LogP contribution in [0.5, 0.6) is 5.75 Å². The molecular formula is C26H44O10. The first-order valence-corrected chi connectivity index (χ1v) is 12.5. The van der Waals surface area contributed by atoms with Crippen molar-refractivity contribution in [2.45, 2.75) is 0 Å². The average Bonchev–Trinajstić information content (AvgIpc) is 2.91. The molecule has 0 fully saturated rings. The van der Waals surface area contributed by atoms with Crippen LogP contribution in [0.1, 0.15) is 0 Å². The minimum atomic E-state index is 0.505. The van der Waals surface area contributed by atoms with E-state index < -0.39 is 0 Å². The predicted octanol–water partition coefficient (Wildman–Crippen LogP) is 2.36. The van der Waals surface area contributed by atoms with Crippen molar-refractivity contribution in [1.29, 1.82) is 0 Å². The zero-order valence-electron chi connectivity index (χ0n) is 21.5. The molecule has 0 atom stereocenters. The Morgan fingerprint density at radius 1 is 0.417 bits per heavy atom. The van der Waals surface area contributed by atoms with E-state index in [1.807, 2.05) is 30.3 Å². The Labute approximate surface area is 215 Å². The molecule has 0 N–H and O–H groups in total. The zero-order chi connectivity index (χ0) is 25.6. The van der Waals surface area contributed by atoms with Crippen molar-refractivity contribution < 1.29 is 47.4 Å². The summed E-state index contributed by atoms with van der Waals surface area (Å²) in [7, 11) is 0. The molecule has 0 heterocycles. The molecule has 0 saturated heterocycles. The molecule has 0 amide bonds. The van der Waals surface area contributed by atoms with Crippen LogP contribution in [-0.4, -0.2) is 119 Å². The maximum atomic E-state index is 5.54. The van der Waals surface area contributed by atoms with Crippen LogP contribution < -0.4 is 4.74 Å². The first-order chi connectivity index (χ1) is 17.9. The van der Waals surface area contributed by atoms with Crippen LogP contribution in [-0.2, 0) is 42.6 Å². The van der Waals surface area contributed by atoms with Crippen LogP contribution in [0.4, 0.5) is 0 Å².